The lowest BCUT2D eigenvalue weighted by molar-refractivity contribution is 0.0138. The van der Waals surface area contributed by atoms with Gasteiger partial charge in [0.25, 0.3) is 0 Å². The lowest BCUT2D eigenvalue weighted by atomic mass is 10.2. The molecule has 1 fully saturated rings. The lowest BCUT2D eigenvalue weighted by Crippen LogP contribution is -2.49. The first-order valence-corrected chi connectivity index (χ1v) is 7.50. The molecule has 0 unspecified atom stereocenters. The summed E-state index contributed by atoms with van der Waals surface area (Å²) in [5, 5.41) is 0. The normalized spacial score (nSPS) is 16.2. The second-order valence-corrected chi connectivity index (χ2v) is 6.40. The Morgan fingerprint density at radius 1 is 1.32 bits per heavy atom. The molecule has 0 aliphatic carbocycles. The third kappa shape index (κ3) is 4.74. The SMILES string of the molecule is C#Cc1cccc(CN2CCN(C(=O)OC(C)(C)C)CC2)n1. The summed E-state index contributed by atoms with van der Waals surface area (Å²) in [4.78, 5) is 20.4. The van der Waals surface area contributed by atoms with Crippen molar-refractivity contribution in [1.82, 2.24) is 14.8 Å². The second-order valence-electron chi connectivity index (χ2n) is 6.40. The van der Waals surface area contributed by atoms with E-state index < -0.39 is 5.60 Å². The lowest BCUT2D eigenvalue weighted by Gasteiger charge is -2.35. The molecule has 22 heavy (non-hydrogen) atoms. The molecule has 118 valence electrons. The van der Waals surface area contributed by atoms with Gasteiger partial charge in [0.2, 0.25) is 0 Å². The van der Waals surface area contributed by atoms with Crippen molar-refractivity contribution in [2.24, 2.45) is 0 Å². The van der Waals surface area contributed by atoms with Crippen molar-refractivity contribution in [2.45, 2.75) is 32.9 Å². The Hall–Kier alpha value is -2.06. The monoisotopic (exact) mass is 301 g/mol. The Morgan fingerprint density at radius 3 is 2.59 bits per heavy atom. The highest BCUT2D eigenvalue weighted by Crippen LogP contribution is 2.13. The molecule has 0 bridgehead atoms. The largest absolute Gasteiger partial charge is 0.444 e. The minimum absolute atomic E-state index is 0.236. The van der Waals surface area contributed by atoms with Gasteiger partial charge in [0.15, 0.2) is 0 Å². The van der Waals surface area contributed by atoms with E-state index >= 15 is 0 Å². The number of hydrogen-bond donors (Lipinski definition) is 0. The van der Waals surface area contributed by atoms with E-state index in [4.69, 9.17) is 11.2 Å². The van der Waals surface area contributed by atoms with Gasteiger partial charge in [-0.25, -0.2) is 9.78 Å². The highest BCUT2D eigenvalue weighted by Gasteiger charge is 2.25. The third-order valence-corrected chi connectivity index (χ3v) is 3.36. The van der Waals surface area contributed by atoms with E-state index in [0.717, 1.165) is 25.3 Å². The zero-order valence-electron chi connectivity index (χ0n) is 13.5. The number of carbonyl (C=O) groups is 1. The average molecular weight is 301 g/mol. The van der Waals surface area contributed by atoms with Crippen LogP contribution >= 0.6 is 0 Å². The first-order valence-electron chi connectivity index (χ1n) is 7.50. The Bertz CT molecular complexity index is 564. The number of rotatable bonds is 2. The third-order valence-electron chi connectivity index (χ3n) is 3.36. The van der Waals surface area contributed by atoms with Crippen molar-refractivity contribution in [3.8, 4) is 12.3 Å². The Kier molecular flexibility index (Phi) is 5.04. The van der Waals surface area contributed by atoms with Gasteiger partial charge >= 0.3 is 6.09 Å². The highest BCUT2D eigenvalue weighted by atomic mass is 16.6. The summed E-state index contributed by atoms with van der Waals surface area (Å²) in [6, 6.07) is 5.72. The summed E-state index contributed by atoms with van der Waals surface area (Å²) in [6.07, 6.45) is 5.13. The van der Waals surface area contributed by atoms with E-state index in [0.29, 0.717) is 18.8 Å². The number of hydrogen-bond acceptors (Lipinski definition) is 4. The molecule has 0 saturated carbocycles. The van der Waals surface area contributed by atoms with Gasteiger partial charge in [-0.2, -0.15) is 0 Å². The number of pyridine rings is 1. The van der Waals surface area contributed by atoms with Crippen molar-refractivity contribution in [1.29, 1.82) is 0 Å². The Morgan fingerprint density at radius 2 is 2.00 bits per heavy atom. The van der Waals surface area contributed by atoms with E-state index in [2.05, 4.69) is 15.8 Å². The van der Waals surface area contributed by atoms with Gasteiger partial charge in [0, 0.05) is 32.7 Å². The molecule has 0 N–H and O–H groups in total. The van der Waals surface area contributed by atoms with Crippen LogP contribution in [-0.2, 0) is 11.3 Å². The number of terminal acetylenes is 1. The Labute approximate surface area is 132 Å². The van der Waals surface area contributed by atoms with Crippen LogP contribution in [-0.4, -0.2) is 52.7 Å². The Balaban J connectivity index is 1.84. The van der Waals surface area contributed by atoms with Crippen LogP contribution in [0.2, 0.25) is 0 Å². The second kappa shape index (κ2) is 6.80. The van der Waals surface area contributed by atoms with E-state index in [9.17, 15) is 4.79 Å². The molecule has 0 spiro atoms. The first kappa shape index (κ1) is 16.3. The summed E-state index contributed by atoms with van der Waals surface area (Å²) >= 11 is 0. The summed E-state index contributed by atoms with van der Waals surface area (Å²) in [5.74, 6) is 2.55. The van der Waals surface area contributed by atoms with Crippen LogP contribution in [0.5, 0.6) is 0 Å². The predicted molar refractivity (Wildman–Crippen MR) is 85.3 cm³/mol. The molecule has 5 heteroatoms. The molecular weight excluding hydrogens is 278 g/mol. The van der Waals surface area contributed by atoms with E-state index in [1.54, 1.807) is 4.90 Å². The van der Waals surface area contributed by atoms with Crippen LogP contribution in [0, 0.1) is 12.3 Å². The maximum Gasteiger partial charge on any atom is 0.410 e. The van der Waals surface area contributed by atoms with Crippen molar-refractivity contribution < 1.29 is 9.53 Å². The van der Waals surface area contributed by atoms with Crippen LogP contribution in [0.4, 0.5) is 4.79 Å². The fraction of sp³-hybridized carbons (Fsp3) is 0.529. The molecule has 0 atom stereocenters. The van der Waals surface area contributed by atoms with E-state index in [-0.39, 0.29) is 6.09 Å². The zero-order chi connectivity index (χ0) is 16.2. The van der Waals surface area contributed by atoms with Gasteiger partial charge in [0.1, 0.15) is 11.3 Å². The quantitative estimate of drug-likeness (QED) is 0.785. The van der Waals surface area contributed by atoms with Crippen LogP contribution in [0.1, 0.15) is 32.2 Å². The molecule has 5 nitrogen and oxygen atoms in total. The van der Waals surface area contributed by atoms with Crippen molar-refractivity contribution >= 4 is 6.09 Å². The van der Waals surface area contributed by atoms with Crippen molar-refractivity contribution in [3.63, 3.8) is 0 Å². The first-order chi connectivity index (χ1) is 10.4. The van der Waals surface area contributed by atoms with Crippen LogP contribution in [0.25, 0.3) is 0 Å². The standard InChI is InChI=1S/C17H23N3O2/c1-5-14-7-6-8-15(18-14)13-19-9-11-20(12-10-19)16(21)22-17(2,3)4/h1,6-8H,9-13H2,2-4H3. The van der Waals surface area contributed by atoms with Gasteiger partial charge < -0.3 is 9.64 Å². The molecule has 1 aromatic heterocycles. The van der Waals surface area contributed by atoms with Gasteiger partial charge in [-0.3, -0.25) is 4.90 Å². The average Bonchev–Trinajstić information content (AvgIpc) is 2.46. The van der Waals surface area contributed by atoms with Crippen LogP contribution in [0.15, 0.2) is 18.2 Å². The predicted octanol–water partition coefficient (Wildman–Crippen LogP) is 2.12. The summed E-state index contributed by atoms with van der Waals surface area (Å²) < 4.78 is 5.39. The maximum absolute atomic E-state index is 12.0. The molecule has 0 radical (unpaired) electrons. The smallest absolute Gasteiger partial charge is 0.410 e. The van der Waals surface area contributed by atoms with E-state index in [1.165, 1.54) is 0 Å². The molecular formula is C17H23N3O2. The van der Waals surface area contributed by atoms with Crippen molar-refractivity contribution in [2.75, 3.05) is 26.2 Å². The maximum atomic E-state index is 12.0. The minimum atomic E-state index is -0.451. The molecule has 1 saturated heterocycles. The fourth-order valence-electron chi connectivity index (χ4n) is 2.29. The van der Waals surface area contributed by atoms with Gasteiger partial charge in [-0.05, 0) is 32.9 Å². The number of ether oxygens (including phenoxy) is 1. The minimum Gasteiger partial charge on any atom is -0.444 e. The molecule has 1 aromatic rings. The van der Waals surface area contributed by atoms with Crippen LogP contribution in [0.3, 0.4) is 0 Å². The van der Waals surface area contributed by atoms with Crippen molar-refractivity contribution in [3.05, 3.63) is 29.6 Å². The fourth-order valence-corrected chi connectivity index (χ4v) is 2.29. The molecule has 1 amide bonds. The number of carbonyl (C=O) groups excluding carboxylic acids is 1. The zero-order valence-corrected chi connectivity index (χ0v) is 13.5. The van der Waals surface area contributed by atoms with Gasteiger partial charge in [-0.15, -0.1) is 6.42 Å². The summed E-state index contributed by atoms with van der Waals surface area (Å²) in [6.45, 7) is 9.34. The molecule has 2 rings (SSSR count). The summed E-state index contributed by atoms with van der Waals surface area (Å²) in [5.41, 5.74) is 1.17. The topological polar surface area (TPSA) is 45.7 Å². The molecule has 2 heterocycles. The highest BCUT2D eigenvalue weighted by molar-refractivity contribution is 5.68. The van der Waals surface area contributed by atoms with Gasteiger partial charge in [-0.1, -0.05) is 12.0 Å². The molecule has 1 aliphatic heterocycles. The van der Waals surface area contributed by atoms with Gasteiger partial charge in [0.05, 0.1) is 5.69 Å². The number of amides is 1. The van der Waals surface area contributed by atoms with E-state index in [1.807, 2.05) is 39.0 Å². The van der Waals surface area contributed by atoms with Crippen LogP contribution < -0.4 is 0 Å². The molecule has 1 aliphatic rings. The number of aromatic nitrogens is 1. The number of nitrogens with zero attached hydrogens (tertiary/aromatic N) is 3. The molecule has 0 aromatic carbocycles. The number of piperazine rings is 1. The summed E-state index contributed by atoms with van der Waals surface area (Å²) in [7, 11) is 0.